The average Bonchev–Trinajstić information content (AvgIpc) is 3.08. The van der Waals surface area contributed by atoms with Crippen molar-refractivity contribution in [1.29, 1.82) is 0 Å². The molecule has 1 aromatic heterocycles. The third kappa shape index (κ3) is 5.74. The number of hydrogen-bond acceptors (Lipinski definition) is 5. The molecule has 3 rings (SSSR count). The summed E-state index contributed by atoms with van der Waals surface area (Å²) >= 11 is 1.27. The number of esters is 1. The molecule has 0 aliphatic rings. The Balaban J connectivity index is 1.52. The number of nitrogens with zero attached hydrogens (tertiary/aromatic N) is 1. The van der Waals surface area contributed by atoms with E-state index >= 15 is 0 Å². The SMILES string of the molecule is Cc1nc(C)c(C(=O)OCC(=O)NCCC(c2ccccc2)c2ccccc2)s1. The summed E-state index contributed by atoms with van der Waals surface area (Å²) in [5.74, 6) is -0.630. The molecule has 0 bridgehead atoms. The van der Waals surface area contributed by atoms with Gasteiger partial charge in [-0.25, -0.2) is 9.78 Å². The minimum atomic E-state index is -0.505. The summed E-state index contributed by atoms with van der Waals surface area (Å²) in [6.45, 7) is 3.78. The Labute approximate surface area is 174 Å². The fraction of sp³-hybridized carbons (Fsp3) is 0.261. The zero-order valence-corrected chi connectivity index (χ0v) is 17.4. The monoisotopic (exact) mass is 408 g/mol. The highest BCUT2D eigenvalue weighted by molar-refractivity contribution is 7.13. The van der Waals surface area contributed by atoms with Gasteiger partial charge in [0.1, 0.15) is 4.88 Å². The van der Waals surface area contributed by atoms with Crippen LogP contribution in [-0.4, -0.2) is 30.0 Å². The van der Waals surface area contributed by atoms with Crippen LogP contribution in [-0.2, 0) is 9.53 Å². The molecule has 1 heterocycles. The second-order valence-electron chi connectivity index (χ2n) is 6.74. The van der Waals surface area contributed by atoms with Crippen LogP contribution in [0.25, 0.3) is 0 Å². The summed E-state index contributed by atoms with van der Waals surface area (Å²) in [5.41, 5.74) is 3.04. The molecule has 6 heteroatoms. The van der Waals surface area contributed by atoms with Gasteiger partial charge < -0.3 is 10.1 Å². The van der Waals surface area contributed by atoms with E-state index < -0.39 is 5.97 Å². The molecule has 5 nitrogen and oxygen atoms in total. The maximum atomic E-state index is 12.1. The molecule has 0 atom stereocenters. The van der Waals surface area contributed by atoms with Crippen LogP contribution < -0.4 is 5.32 Å². The summed E-state index contributed by atoms with van der Waals surface area (Å²) < 4.78 is 5.13. The first-order valence-corrected chi connectivity index (χ1v) is 10.3. The number of ether oxygens (including phenoxy) is 1. The highest BCUT2D eigenvalue weighted by atomic mass is 32.1. The Morgan fingerprint density at radius 2 is 1.59 bits per heavy atom. The second kappa shape index (κ2) is 9.98. The van der Waals surface area contributed by atoms with Crippen molar-refractivity contribution in [3.05, 3.63) is 87.4 Å². The van der Waals surface area contributed by atoms with Crippen LogP contribution in [0, 0.1) is 13.8 Å². The molecular weight excluding hydrogens is 384 g/mol. The van der Waals surface area contributed by atoms with Gasteiger partial charge in [0.05, 0.1) is 10.7 Å². The third-order valence-electron chi connectivity index (χ3n) is 4.58. The van der Waals surface area contributed by atoms with E-state index in [9.17, 15) is 9.59 Å². The Morgan fingerprint density at radius 1 is 1.00 bits per heavy atom. The Hall–Kier alpha value is -2.99. The predicted octanol–water partition coefficient (Wildman–Crippen LogP) is 4.26. The van der Waals surface area contributed by atoms with Crippen molar-refractivity contribution in [2.45, 2.75) is 26.2 Å². The lowest BCUT2D eigenvalue weighted by molar-refractivity contribution is -0.124. The number of aromatic nitrogens is 1. The van der Waals surface area contributed by atoms with E-state index in [-0.39, 0.29) is 18.4 Å². The van der Waals surface area contributed by atoms with Crippen LogP contribution in [0.5, 0.6) is 0 Å². The number of thiazole rings is 1. The first-order chi connectivity index (χ1) is 14.0. The van der Waals surface area contributed by atoms with Gasteiger partial charge >= 0.3 is 5.97 Å². The average molecular weight is 409 g/mol. The molecule has 0 saturated heterocycles. The number of amides is 1. The highest BCUT2D eigenvalue weighted by Crippen LogP contribution is 2.27. The number of benzene rings is 2. The van der Waals surface area contributed by atoms with Crippen molar-refractivity contribution < 1.29 is 14.3 Å². The smallest absolute Gasteiger partial charge is 0.350 e. The highest BCUT2D eigenvalue weighted by Gasteiger charge is 2.17. The number of aryl methyl sites for hydroxylation is 2. The van der Waals surface area contributed by atoms with Gasteiger partial charge in [-0.15, -0.1) is 11.3 Å². The van der Waals surface area contributed by atoms with Crippen LogP contribution in [0.1, 0.15) is 43.8 Å². The summed E-state index contributed by atoms with van der Waals surface area (Å²) in [6.07, 6.45) is 0.751. The molecular formula is C23H24N2O3S. The van der Waals surface area contributed by atoms with Crippen molar-refractivity contribution in [1.82, 2.24) is 10.3 Å². The van der Waals surface area contributed by atoms with Crippen molar-refractivity contribution in [3.63, 3.8) is 0 Å². The molecule has 0 radical (unpaired) electrons. The van der Waals surface area contributed by atoms with E-state index in [0.29, 0.717) is 17.1 Å². The third-order valence-corrected chi connectivity index (χ3v) is 5.64. The van der Waals surface area contributed by atoms with E-state index in [1.807, 2.05) is 43.3 Å². The second-order valence-corrected chi connectivity index (χ2v) is 7.94. The zero-order valence-electron chi connectivity index (χ0n) is 16.6. The molecule has 0 aliphatic heterocycles. The van der Waals surface area contributed by atoms with Gasteiger partial charge in [0.25, 0.3) is 5.91 Å². The lowest BCUT2D eigenvalue weighted by Gasteiger charge is -2.18. The van der Waals surface area contributed by atoms with Crippen LogP contribution in [0.2, 0.25) is 0 Å². The normalized spacial score (nSPS) is 10.7. The lowest BCUT2D eigenvalue weighted by atomic mass is 9.88. The minimum Gasteiger partial charge on any atom is -0.451 e. The number of nitrogens with one attached hydrogen (secondary N) is 1. The Morgan fingerprint density at radius 3 is 2.10 bits per heavy atom. The molecule has 0 spiro atoms. The van der Waals surface area contributed by atoms with Crippen LogP contribution >= 0.6 is 11.3 Å². The zero-order chi connectivity index (χ0) is 20.6. The van der Waals surface area contributed by atoms with Gasteiger partial charge in [-0.3, -0.25) is 4.79 Å². The standard InChI is InChI=1S/C23H24N2O3S/c1-16-22(29-17(2)25-16)23(27)28-15-21(26)24-14-13-20(18-9-5-3-6-10-18)19-11-7-4-8-12-19/h3-12,20H,13-15H2,1-2H3,(H,24,26). The van der Waals surface area contributed by atoms with Crippen LogP contribution in [0.3, 0.4) is 0 Å². The molecule has 2 aromatic carbocycles. The maximum Gasteiger partial charge on any atom is 0.350 e. The van der Waals surface area contributed by atoms with E-state index in [1.54, 1.807) is 6.92 Å². The van der Waals surface area contributed by atoms with Gasteiger partial charge in [0, 0.05) is 12.5 Å². The number of hydrogen-bond donors (Lipinski definition) is 1. The molecule has 0 aliphatic carbocycles. The first kappa shape index (κ1) is 20.7. The first-order valence-electron chi connectivity index (χ1n) is 9.52. The predicted molar refractivity (Wildman–Crippen MR) is 114 cm³/mol. The van der Waals surface area contributed by atoms with Crippen molar-refractivity contribution in [2.75, 3.05) is 13.2 Å². The summed E-state index contributed by atoms with van der Waals surface area (Å²) in [6, 6.07) is 20.5. The van der Waals surface area contributed by atoms with E-state index in [4.69, 9.17) is 4.74 Å². The summed E-state index contributed by atoms with van der Waals surface area (Å²) in [7, 11) is 0. The quantitative estimate of drug-likeness (QED) is 0.566. The summed E-state index contributed by atoms with van der Waals surface area (Å²) in [4.78, 5) is 28.9. The van der Waals surface area contributed by atoms with Crippen LogP contribution in [0.15, 0.2) is 60.7 Å². The largest absolute Gasteiger partial charge is 0.451 e. The molecule has 150 valence electrons. The molecule has 29 heavy (non-hydrogen) atoms. The van der Waals surface area contributed by atoms with Crippen molar-refractivity contribution in [3.8, 4) is 0 Å². The van der Waals surface area contributed by atoms with Gasteiger partial charge in [-0.05, 0) is 31.4 Å². The van der Waals surface area contributed by atoms with Crippen molar-refractivity contribution in [2.24, 2.45) is 0 Å². The minimum absolute atomic E-state index is 0.183. The number of carbonyl (C=O) groups excluding carboxylic acids is 2. The van der Waals surface area contributed by atoms with E-state index in [1.165, 1.54) is 22.5 Å². The fourth-order valence-electron chi connectivity index (χ4n) is 3.22. The molecule has 1 amide bonds. The molecule has 0 fully saturated rings. The van der Waals surface area contributed by atoms with Gasteiger partial charge in [-0.1, -0.05) is 60.7 Å². The molecule has 0 unspecified atom stereocenters. The van der Waals surface area contributed by atoms with Crippen LogP contribution in [0.4, 0.5) is 0 Å². The number of carbonyl (C=O) groups is 2. The van der Waals surface area contributed by atoms with E-state index in [0.717, 1.165) is 11.4 Å². The van der Waals surface area contributed by atoms with Gasteiger partial charge in [0.15, 0.2) is 6.61 Å². The topological polar surface area (TPSA) is 68.3 Å². The Kier molecular flexibility index (Phi) is 7.14. The maximum absolute atomic E-state index is 12.1. The number of rotatable bonds is 8. The van der Waals surface area contributed by atoms with Gasteiger partial charge in [0.2, 0.25) is 0 Å². The summed E-state index contributed by atoms with van der Waals surface area (Å²) in [5, 5.41) is 3.65. The van der Waals surface area contributed by atoms with E-state index in [2.05, 4.69) is 34.6 Å². The fourth-order valence-corrected chi connectivity index (χ4v) is 4.03. The molecule has 1 N–H and O–H groups in total. The Bertz CT molecular complexity index is 915. The lowest BCUT2D eigenvalue weighted by Crippen LogP contribution is -2.30. The van der Waals surface area contributed by atoms with Gasteiger partial charge in [-0.2, -0.15) is 0 Å². The molecule has 0 saturated carbocycles. The van der Waals surface area contributed by atoms with Crippen molar-refractivity contribution >= 4 is 23.2 Å². The molecule has 3 aromatic rings.